The predicted molar refractivity (Wildman–Crippen MR) is 104 cm³/mol. The summed E-state index contributed by atoms with van der Waals surface area (Å²) in [6.45, 7) is 3.64. The molecule has 3 heterocycles. The largest absolute Gasteiger partial charge is 0.433 e. The van der Waals surface area contributed by atoms with Gasteiger partial charge in [-0.1, -0.05) is 6.07 Å². The van der Waals surface area contributed by atoms with Crippen LogP contribution in [-0.4, -0.2) is 57.0 Å². The van der Waals surface area contributed by atoms with Gasteiger partial charge in [-0.05, 0) is 50.7 Å². The van der Waals surface area contributed by atoms with Gasteiger partial charge < -0.3 is 4.74 Å². The lowest BCUT2D eigenvalue weighted by molar-refractivity contribution is -0.141. The van der Waals surface area contributed by atoms with Crippen LogP contribution < -0.4 is 0 Å². The molecular formula is C21H26F3N5O. The Kier molecular flexibility index (Phi) is 5.26. The first kappa shape index (κ1) is 19.9. The Morgan fingerprint density at radius 2 is 1.80 bits per heavy atom. The van der Waals surface area contributed by atoms with E-state index in [0.717, 1.165) is 76.7 Å². The summed E-state index contributed by atoms with van der Waals surface area (Å²) in [4.78, 5) is 11.0. The van der Waals surface area contributed by atoms with Gasteiger partial charge >= 0.3 is 6.18 Å². The Bertz CT molecular complexity index is 887. The SMILES string of the molecule is FC(F)(F)c1cccc(-c2nc([C@H]3CC[C@H](N4CCCOCC4)C3)n(C3CC3)n2)n1. The average molecular weight is 421 g/mol. The van der Waals surface area contributed by atoms with Crippen LogP contribution in [0.5, 0.6) is 0 Å². The van der Waals surface area contributed by atoms with Gasteiger partial charge in [-0.2, -0.15) is 13.2 Å². The molecule has 0 N–H and O–H groups in total. The third-order valence-electron chi connectivity index (χ3n) is 6.36. The lowest BCUT2D eigenvalue weighted by atomic mass is 10.1. The van der Waals surface area contributed by atoms with Crippen LogP contribution in [0, 0.1) is 0 Å². The van der Waals surface area contributed by atoms with Crippen LogP contribution in [0.3, 0.4) is 0 Å². The van der Waals surface area contributed by atoms with E-state index in [2.05, 4.69) is 15.0 Å². The second-order valence-electron chi connectivity index (χ2n) is 8.54. The molecule has 0 spiro atoms. The molecule has 162 valence electrons. The van der Waals surface area contributed by atoms with E-state index in [9.17, 15) is 13.2 Å². The summed E-state index contributed by atoms with van der Waals surface area (Å²) in [6, 6.07) is 4.74. The zero-order chi connectivity index (χ0) is 20.7. The summed E-state index contributed by atoms with van der Waals surface area (Å²) in [5.41, 5.74) is -0.724. The predicted octanol–water partition coefficient (Wildman–Crippen LogP) is 4.05. The van der Waals surface area contributed by atoms with Crippen molar-refractivity contribution in [1.82, 2.24) is 24.6 Å². The molecule has 6 nitrogen and oxygen atoms in total. The van der Waals surface area contributed by atoms with Gasteiger partial charge in [0.2, 0.25) is 0 Å². The number of halogens is 3. The van der Waals surface area contributed by atoms with Gasteiger partial charge in [-0.15, -0.1) is 5.10 Å². The van der Waals surface area contributed by atoms with Crippen LogP contribution in [0.1, 0.15) is 62.0 Å². The van der Waals surface area contributed by atoms with Crippen molar-refractivity contribution >= 4 is 0 Å². The van der Waals surface area contributed by atoms with E-state index in [1.807, 2.05) is 4.68 Å². The van der Waals surface area contributed by atoms with Crippen molar-refractivity contribution in [2.45, 2.75) is 62.7 Å². The minimum atomic E-state index is -4.48. The standard InChI is InChI=1S/C21H26F3N5O/c22-21(23,24)18-4-1-3-17(25-18)19-26-20(29(27-19)15-7-8-15)14-5-6-16(13-14)28-9-2-11-30-12-10-28/h1,3-4,14-16H,2,5-13H2/t14-,16-/m0/s1. The average Bonchev–Trinajstić information content (AvgIpc) is 3.39. The molecule has 0 radical (unpaired) electrons. The zero-order valence-electron chi connectivity index (χ0n) is 16.8. The molecule has 0 aromatic carbocycles. The summed E-state index contributed by atoms with van der Waals surface area (Å²) in [5, 5.41) is 4.60. The van der Waals surface area contributed by atoms with E-state index in [4.69, 9.17) is 9.72 Å². The van der Waals surface area contributed by atoms with Crippen molar-refractivity contribution in [3.63, 3.8) is 0 Å². The summed E-state index contributed by atoms with van der Waals surface area (Å²) in [7, 11) is 0. The van der Waals surface area contributed by atoms with Gasteiger partial charge in [0.25, 0.3) is 0 Å². The quantitative estimate of drug-likeness (QED) is 0.746. The third-order valence-corrected chi connectivity index (χ3v) is 6.36. The lowest BCUT2D eigenvalue weighted by Crippen LogP contribution is -2.35. The highest BCUT2D eigenvalue weighted by Gasteiger charge is 2.37. The number of hydrogen-bond donors (Lipinski definition) is 0. The van der Waals surface area contributed by atoms with E-state index in [-0.39, 0.29) is 11.6 Å². The normalized spacial score (nSPS) is 26.1. The second-order valence-corrected chi connectivity index (χ2v) is 8.54. The smallest absolute Gasteiger partial charge is 0.380 e. The van der Waals surface area contributed by atoms with Crippen molar-refractivity contribution in [3.05, 3.63) is 29.7 Å². The molecule has 3 aliphatic rings. The van der Waals surface area contributed by atoms with E-state index in [1.54, 1.807) is 6.07 Å². The van der Waals surface area contributed by atoms with Crippen LogP contribution in [0.15, 0.2) is 18.2 Å². The maximum Gasteiger partial charge on any atom is 0.433 e. The number of rotatable bonds is 4. The topological polar surface area (TPSA) is 56.1 Å². The molecule has 9 heteroatoms. The Labute approximate surface area is 173 Å². The lowest BCUT2D eigenvalue weighted by Gasteiger charge is -2.26. The molecule has 1 aliphatic heterocycles. The number of aromatic nitrogens is 4. The zero-order valence-corrected chi connectivity index (χ0v) is 16.8. The molecule has 2 aromatic rings. The van der Waals surface area contributed by atoms with Gasteiger partial charge in [0.05, 0.1) is 12.6 Å². The molecule has 3 fully saturated rings. The Morgan fingerprint density at radius 3 is 2.60 bits per heavy atom. The molecule has 1 saturated heterocycles. The fraction of sp³-hybridized carbons (Fsp3) is 0.667. The first-order chi connectivity index (χ1) is 14.5. The highest BCUT2D eigenvalue weighted by Crippen LogP contribution is 2.42. The van der Waals surface area contributed by atoms with E-state index in [1.165, 1.54) is 6.07 Å². The van der Waals surface area contributed by atoms with Gasteiger partial charge in [0.15, 0.2) is 5.82 Å². The first-order valence-corrected chi connectivity index (χ1v) is 10.8. The van der Waals surface area contributed by atoms with Crippen LogP contribution in [0.2, 0.25) is 0 Å². The van der Waals surface area contributed by atoms with Crippen molar-refractivity contribution in [2.75, 3.05) is 26.3 Å². The highest BCUT2D eigenvalue weighted by atomic mass is 19.4. The van der Waals surface area contributed by atoms with Crippen LogP contribution in [0.25, 0.3) is 11.5 Å². The van der Waals surface area contributed by atoms with Gasteiger partial charge in [-0.25, -0.2) is 14.6 Å². The molecule has 2 saturated carbocycles. The molecule has 2 aromatic heterocycles. The van der Waals surface area contributed by atoms with E-state index < -0.39 is 11.9 Å². The highest BCUT2D eigenvalue weighted by molar-refractivity contribution is 5.49. The molecule has 5 rings (SSSR count). The van der Waals surface area contributed by atoms with Crippen molar-refractivity contribution in [2.24, 2.45) is 0 Å². The van der Waals surface area contributed by atoms with Crippen molar-refractivity contribution in [1.29, 1.82) is 0 Å². The molecule has 0 bridgehead atoms. The monoisotopic (exact) mass is 421 g/mol. The maximum absolute atomic E-state index is 13.1. The summed E-state index contributed by atoms with van der Waals surface area (Å²) >= 11 is 0. The van der Waals surface area contributed by atoms with Crippen LogP contribution >= 0.6 is 0 Å². The maximum atomic E-state index is 13.1. The molecule has 2 atom stereocenters. The van der Waals surface area contributed by atoms with E-state index in [0.29, 0.717) is 17.9 Å². The number of nitrogens with zero attached hydrogens (tertiary/aromatic N) is 5. The number of alkyl halides is 3. The van der Waals surface area contributed by atoms with Crippen molar-refractivity contribution in [3.8, 4) is 11.5 Å². The molecule has 0 amide bonds. The Morgan fingerprint density at radius 1 is 0.967 bits per heavy atom. The second kappa shape index (κ2) is 7.92. The number of hydrogen-bond acceptors (Lipinski definition) is 5. The Hall–Kier alpha value is -2.00. The van der Waals surface area contributed by atoms with Gasteiger partial charge in [-0.3, -0.25) is 4.90 Å². The minimum absolute atomic E-state index is 0.185. The van der Waals surface area contributed by atoms with Gasteiger partial charge in [0.1, 0.15) is 17.2 Å². The number of ether oxygens (including phenoxy) is 1. The Balaban J connectivity index is 1.39. The minimum Gasteiger partial charge on any atom is -0.380 e. The summed E-state index contributed by atoms with van der Waals surface area (Å²) in [5.74, 6) is 1.50. The van der Waals surface area contributed by atoms with E-state index >= 15 is 0 Å². The van der Waals surface area contributed by atoms with Gasteiger partial charge in [0, 0.05) is 31.7 Å². The molecule has 0 unspecified atom stereocenters. The third kappa shape index (κ3) is 4.09. The number of pyridine rings is 1. The molecule has 2 aliphatic carbocycles. The fourth-order valence-corrected chi connectivity index (χ4v) is 4.68. The van der Waals surface area contributed by atoms with Crippen LogP contribution in [-0.2, 0) is 10.9 Å². The fourth-order valence-electron chi connectivity index (χ4n) is 4.68. The summed E-state index contributed by atoms with van der Waals surface area (Å²) in [6.07, 6.45) is 1.83. The van der Waals surface area contributed by atoms with Crippen molar-refractivity contribution < 1.29 is 17.9 Å². The molecular weight excluding hydrogens is 395 g/mol. The molecule has 30 heavy (non-hydrogen) atoms. The van der Waals surface area contributed by atoms with Crippen LogP contribution in [0.4, 0.5) is 13.2 Å². The first-order valence-electron chi connectivity index (χ1n) is 10.8. The summed E-state index contributed by atoms with van der Waals surface area (Å²) < 4.78 is 46.8.